The molecule has 1 aromatic heterocycles. The van der Waals surface area contributed by atoms with Crippen molar-refractivity contribution in [2.45, 2.75) is 25.2 Å². The molecule has 3 rings (SSSR count). The molecule has 1 saturated carbocycles. The highest BCUT2D eigenvalue weighted by atomic mass is 19.1. The number of H-pyrrole nitrogens is 1. The van der Waals surface area contributed by atoms with Crippen LogP contribution in [0.3, 0.4) is 0 Å². The Morgan fingerprint density at radius 2 is 2.24 bits per heavy atom. The van der Waals surface area contributed by atoms with Gasteiger partial charge in [0.2, 0.25) is 0 Å². The maximum atomic E-state index is 13.4. The fourth-order valence-corrected chi connectivity index (χ4v) is 2.09. The maximum Gasteiger partial charge on any atom is 0.338 e. The molecule has 2 aromatic rings. The lowest BCUT2D eigenvalue weighted by Gasteiger charge is -2.22. The number of hydrogen-bond acceptors (Lipinski definition) is 2. The van der Waals surface area contributed by atoms with Crippen molar-refractivity contribution in [3.8, 4) is 0 Å². The second-order valence-electron chi connectivity index (χ2n) is 4.40. The number of aromatic carboxylic acids is 1. The molecule has 1 fully saturated rings. The molecule has 1 aliphatic rings. The number of benzene rings is 1. The molecule has 4 nitrogen and oxygen atoms in total. The van der Waals surface area contributed by atoms with Crippen LogP contribution in [0.25, 0.3) is 11.0 Å². The molecule has 17 heavy (non-hydrogen) atoms. The van der Waals surface area contributed by atoms with E-state index in [2.05, 4.69) is 9.97 Å². The van der Waals surface area contributed by atoms with Gasteiger partial charge in [-0.1, -0.05) is 6.42 Å². The van der Waals surface area contributed by atoms with Crippen molar-refractivity contribution < 1.29 is 14.3 Å². The van der Waals surface area contributed by atoms with Gasteiger partial charge in [-0.05, 0) is 18.9 Å². The van der Waals surface area contributed by atoms with Gasteiger partial charge in [0.25, 0.3) is 0 Å². The molecule has 1 aliphatic carbocycles. The highest BCUT2D eigenvalue weighted by Crippen LogP contribution is 2.35. The predicted molar refractivity (Wildman–Crippen MR) is 59.6 cm³/mol. The summed E-state index contributed by atoms with van der Waals surface area (Å²) < 4.78 is 13.4. The van der Waals surface area contributed by atoms with Gasteiger partial charge < -0.3 is 10.1 Å². The fraction of sp³-hybridized carbons (Fsp3) is 0.333. The van der Waals surface area contributed by atoms with Crippen LogP contribution in [0.2, 0.25) is 0 Å². The Balaban J connectivity index is 2.12. The third-order valence-corrected chi connectivity index (χ3v) is 3.31. The summed E-state index contributed by atoms with van der Waals surface area (Å²) in [5, 5.41) is 8.82. The van der Waals surface area contributed by atoms with Crippen molar-refractivity contribution in [1.29, 1.82) is 0 Å². The summed E-state index contributed by atoms with van der Waals surface area (Å²) in [6.45, 7) is 0. The van der Waals surface area contributed by atoms with Crippen LogP contribution in [0, 0.1) is 5.82 Å². The molecule has 88 valence electrons. The van der Waals surface area contributed by atoms with Crippen molar-refractivity contribution in [3.63, 3.8) is 0 Å². The molecule has 0 amide bonds. The normalized spacial score (nSPS) is 16.1. The number of rotatable bonds is 2. The van der Waals surface area contributed by atoms with Crippen molar-refractivity contribution in [2.75, 3.05) is 0 Å². The molecule has 2 N–H and O–H groups in total. The minimum atomic E-state index is -1.27. The molecule has 5 heteroatoms. The fourth-order valence-electron chi connectivity index (χ4n) is 2.09. The summed E-state index contributed by atoms with van der Waals surface area (Å²) in [6, 6.07) is 2.49. The van der Waals surface area contributed by atoms with E-state index in [4.69, 9.17) is 5.11 Å². The lowest BCUT2D eigenvalue weighted by atomic mass is 9.85. The zero-order valence-corrected chi connectivity index (χ0v) is 9.03. The topological polar surface area (TPSA) is 66.0 Å². The van der Waals surface area contributed by atoms with Gasteiger partial charge in [-0.25, -0.2) is 14.2 Å². The summed E-state index contributed by atoms with van der Waals surface area (Å²) in [7, 11) is 0. The van der Waals surface area contributed by atoms with Gasteiger partial charge in [0, 0.05) is 12.0 Å². The second-order valence-corrected chi connectivity index (χ2v) is 4.40. The van der Waals surface area contributed by atoms with Crippen molar-refractivity contribution in [1.82, 2.24) is 9.97 Å². The highest BCUT2D eigenvalue weighted by Gasteiger charge is 2.23. The number of halogens is 1. The molecule has 0 bridgehead atoms. The number of nitrogens with zero attached hydrogens (tertiary/aromatic N) is 1. The largest absolute Gasteiger partial charge is 0.478 e. The third kappa shape index (κ3) is 1.58. The van der Waals surface area contributed by atoms with E-state index in [0.29, 0.717) is 17.0 Å². The van der Waals surface area contributed by atoms with Crippen LogP contribution in [0.1, 0.15) is 41.4 Å². The van der Waals surface area contributed by atoms with Crippen molar-refractivity contribution in [2.24, 2.45) is 0 Å². The number of aromatic nitrogens is 2. The number of carbonyl (C=O) groups is 1. The van der Waals surface area contributed by atoms with Gasteiger partial charge in [-0.15, -0.1) is 0 Å². The van der Waals surface area contributed by atoms with Crippen LogP contribution in [0.4, 0.5) is 4.39 Å². The smallest absolute Gasteiger partial charge is 0.338 e. The summed E-state index contributed by atoms with van der Waals surface area (Å²) in [4.78, 5) is 18.2. The molecule has 1 heterocycles. The van der Waals surface area contributed by atoms with E-state index in [-0.39, 0.29) is 5.56 Å². The summed E-state index contributed by atoms with van der Waals surface area (Å²) in [5.74, 6) is -0.738. The Kier molecular flexibility index (Phi) is 2.14. The quantitative estimate of drug-likeness (QED) is 0.839. The standard InChI is InChI=1S/C12H11FN2O2/c13-8-5-10-9(4-7(8)12(16)17)14-11(15-10)6-2-1-3-6/h4-6H,1-3H2,(H,14,15)(H,16,17). The van der Waals surface area contributed by atoms with Crippen LogP contribution in [-0.2, 0) is 0 Å². The third-order valence-electron chi connectivity index (χ3n) is 3.31. The van der Waals surface area contributed by atoms with E-state index >= 15 is 0 Å². The first kappa shape index (κ1) is 10.3. The lowest BCUT2D eigenvalue weighted by Crippen LogP contribution is -2.10. The number of imidazole rings is 1. The molecule has 0 radical (unpaired) electrons. The molecule has 0 atom stereocenters. The SMILES string of the molecule is O=C(O)c1cc2nc(C3CCC3)[nH]c2cc1F. The number of carboxylic acid groups (broad SMARTS) is 1. The zero-order valence-electron chi connectivity index (χ0n) is 9.03. The van der Waals surface area contributed by atoms with E-state index in [1.54, 1.807) is 0 Å². The average Bonchev–Trinajstić information content (AvgIpc) is 2.55. The number of fused-ring (bicyclic) bond motifs is 1. The molecule has 0 saturated heterocycles. The number of hydrogen-bond donors (Lipinski definition) is 2. The van der Waals surface area contributed by atoms with E-state index < -0.39 is 11.8 Å². The van der Waals surface area contributed by atoms with Crippen LogP contribution in [0.5, 0.6) is 0 Å². The predicted octanol–water partition coefficient (Wildman–Crippen LogP) is 2.67. The van der Waals surface area contributed by atoms with Gasteiger partial charge in [-0.3, -0.25) is 0 Å². The van der Waals surface area contributed by atoms with Crippen LogP contribution in [0.15, 0.2) is 12.1 Å². The first-order chi connectivity index (χ1) is 8.15. The Labute approximate surface area is 96.5 Å². The minimum absolute atomic E-state index is 0.329. The lowest BCUT2D eigenvalue weighted by molar-refractivity contribution is 0.0692. The maximum absolute atomic E-state index is 13.4. The molecular formula is C12H11FN2O2. The zero-order chi connectivity index (χ0) is 12.0. The van der Waals surface area contributed by atoms with E-state index in [9.17, 15) is 9.18 Å². The Morgan fingerprint density at radius 3 is 2.82 bits per heavy atom. The van der Waals surface area contributed by atoms with E-state index in [1.807, 2.05) is 0 Å². The minimum Gasteiger partial charge on any atom is -0.478 e. The Morgan fingerprint density at radius 1 is 1.47 bits per heavy atom. The van der Waals surface area contributed by atoms with Crippen molar-refractivity contribution in [3.05, 3.63) is 29.3 Å². The molecule has 0 aliphatic heterocycles. The van der Waals surface area contributed by atoms with Crippen LogP contribution >= 0.6 is 0 Å². The monoisotopic (exact) mass is 234 g/mol. The van der Waals surface area contributed by atoms with Gasteiger partial charge in [-0.2, -0.15) is 0 Å². The summed E-state index contributed by atoms with van der Waals surface area (Å²) >= 11 is 0. The van der Waals surface area contributed by atoms with E-state index in [1.165, 1.54) is 18.6 Å². The van der Waals surface area contributed by atoms with E-state index in [0.717, 1.165) is 18.7 Å². The Hall–Kier alpha value is -1.91. The molecule has 0 unspecified atom stereocenters. The molecule has 1 aromatic carbocycles. The highest BCUT2D eigenvalue weighted by molar-refractivity contribution is 5.92. The Bertz CT molecular complexity index is 602. The first-order valence-corrected chi connectivity index (χ1v) is 5.57. The number of aromatic amines is 1. The molecule has 0 spiro atoms. The van der Waals surface area contributed by atoms with Crippen LogP contribution < -0.4 is 0 Å². The van der Waals surface area contributed by atoms with Crippen molar-refractivity contribution >= 4 is 17.0 Å². The first-order valence-electron chi connectivity index (χ1n) is 5.57. The summed E-state index contributed by atoms with van der Waals surface area (Å²) in [5.41, 5.74) is 0.754. The second kappa shape index (κ2) is 3.55. The van der Waals surface area contributed by atoms with Gasteiger partial charge in [0.1, 0.15) is 11.6 Å². The van der Waals surface area contributed by atoms with Gasteiger partial charge in [0.05, 0.1) is 16.6 Å². The average molecular weight is 234 g/mol. The van der Waals surface area contributed by atoms with Gasteiger partial charge in [0.15, 0.2) is 0 Å². The van der Waals surface area contributed by atoms with Gasteiger partial charge >= 0.3 is 5.97 Å². The molecular weight excluding hydrogens is 223 g/mol. The van der Waals surface area contributed by atoms with Crippen LogP contribution in [-0.4, -0.2) is 21.0 Å². The summed E-state index contributed by atoms with van der Waals surface area (Å²) in [6.07, 6.45) is 3.37. The number of carboxylic acids is 1. The number of nitrogens with one attached hydrogen (secondary N) is 1.